The van der Waals surface area contributed by atoms with Crippen LogP contribution in [0.25, 0.3) is 43.6 Å². The van der Waals surface area contributed by atoms with E-state index in [0.717, 1.165) is 18.2 Å². The molecule has 5 rings (SSSR count). The van der Waals surface area contributed by atoms with Crippen molar-refractivity contribution in [3.63, 3.8) is 0 Å². The van der Waals surface area contributed by atoms with Crippen molar-refractivity contribution in [2.24, 2.45) is 0 Å². The van der Waals surface area contributed by atoms with Gasteiger partial charge in [0.2, 0.25) is 0 Å². The van der Waals surface area contributed by atoms with Gasteiger partial charge in [-0.1, -0.05) is 23.2 Å². The van der Waals surface area contributed by atoms with Gasteiger partial charge in [-0.2, -0.15) is 16.8 Å². The van der Waals surface area contributed by atoms with Crippen molar-refractivity contribution in [1.29, 1.82) is 0 Å². The molecule has 10 nitrogen and oxygen atoms in total. The number of hydrogen-bond acceptors (Lipinski definition) is 6. The highest BCUT2D eigenvalue weighted by molar-refractivity contribution is 7.86. The Morgan fingerprint density at radius 3 is 1.71 bits per heavy atom. The summed E-state index contributed by atoms with van der Waals surface area (Å²) in [7, 11) is -9.48. The molecule has 0 aliphatic rings. The first-order valence-electron chi connectivity index (χ1n) is 9.19. The highest BCUT2D eigenvalue weighted by atomic mass is 35.5. The number of fused-ring (bicyclic) bond motifs is 4. The summed E-state index contributed by atoms with van der Waals surface area (Å²) in [5, 5.41) is -0.719. The quantitative estimate of drug-likeness (QED) is 0.194. The molecule has 2 aromatic heterocycles. The van der Waals surface area contributed by atoms with Crippen LogP contribution in [0.2, 0.25) is 10.0 Å². The zero-order valence-electron chi connectivity index (χ0n) is 16.4. The normalized spacial score (nSPS) is 12.8. The smallest absolute Gasteiger partial charge is 0.296 e. The number of pyridine rings is 2. The molecule has 0 bridgehead atoms. The van der Waals surface area contributed by atoms with Gasteiger partial charge in [0.05, 0.1) is 32.5 Å². The molecule has 14 heteroatoms. The molecule has 0 aliphatic heterocycles. The lowest BCUT2D eigenvalue weighted by molar-refractivity contribution is 0.481. The molecule has 0 amide bonds. The monoisotopic (exact) mass is 540 g/mol. The van der Waals surface area contributed by atoms with Crippen molar-refractivity contribution in [2.45, 2.75) is 9.79 Å². The van der Waals surface area contributed by atoms with Gasteiger partial charge in [0, 0.05) is 21.2 Å². The van der Waals surface area contributed by atoms with E-state index in [1.807, 2.05) is 0 Å². The molecule has 0 aliphatic carbocycles. The lowest BCUT2D eigenvalue weighted by Crippen LogP contribution is -2.12. The molecule has 0 unspecified atom stereocenters. The molecule has 34 heavy (non-hydrogen) atoms. The third-order valence-corrected chi connectivity index (χ3v) is 7.77. The molecule has 4 N–H and O–H groups in total. The Kier molecular flexibility index (Phi) is 4.86. The average Bonchev–Trinajstić information content (AvgIpc) is 2.71. The highest BCUT2D eigenvalue weighted by Gasteiger charge is 2.21. The molecular weight excluding hydrogens is 531 g/mol. The Hall–Kier alpha value is -3.00. The second-order valence-corrected chi connectivity index (χ2v) is 11.1. The molecular formula is C20H10Cl2N2O8S2. The molecule has 0 atom stereocenters. The second-order valence-electron chi connectivity index (χ2n) is 7.46. The van der Waals surface area contributed by atoms with E-state index < -0.39 is 40.9 Å². The Labute approximate surface area is 199 Å². The van der Waals surface area contributed by atoms with Crippen molar-refractivity contribution in [2.75, 3.05) is 0 Å². The summed E-state index contributed by atoms with van der Waals surface area (Å²) in [6.07, 6.45) is 0. The lowest BCUT2D eigenvalue weighted by Gasteiger charge is -2.10. The predicted octanol–water partition coefficient (Wildman–Crippen LogP) is 3.48. The summed E-state index contributed by atoms with van der Waals surface area (Å²) in [6, 6.07) is 6.98. The van der Waals surface area contributed by atoms with E-state index in [0.29, 0.717) is 0 Å². The van der Waals surface area contributed by atoms with Crippen molar-refractivity contribution in [3.05, 3.63) is 66.9 Å². The highest BCUT2D eigenvalue weighted by Crippen LogP contribution is 2.29. The van der Waals surface area contributed by atoms with Crippen molar-refractivity contribution in [3.8, 4) is 0 Å². The molecule has 174 valence electrons. The van der Waals surface area contributed by atoms with E-state index in [4.69, 9.17) is 23.2 Å². The number of hydrogen-bond donors (Lipinski definition) is 4. The zero-order valence-corrected chi connectivity index (χ0v) is 19.5. The Balaban J connectivity index is 1.96. The van der Waals surface area contributed by atoms with Crippen LogP contribution in [0.15, 0.2) is 55.8 Å². The summed E-state index contributed by atoms with van der Waals surface area (Å²) < 4.78 is 65.8. The van der Waals surface area contributed by atoms with Crippen molar-refractivity contribution < 1.29 is 25.9 Å². The van der Waals surface area contributed by atoms with Crippen LogP contribution >= 0.6 is 23.2 Å². The molecule has 0 fully saturated rings. The maximum Gasteiger partial charge on any atom is 0.296 e. The lowest BCUT2D eigenvalue weighted by atomic mass is 10.1. The van der Waals surface area contributed by atoms with Crippen LogP contribution in [0, 0.1) is 0 Å². The fourth-order valence-corrected chi connectivity index (χ4v) is 5.96. The molecule has 5 aromatic rings. The summed E-state index contributed by atoms with van der Waals surface area (Å²) in [6.45, 7) is 0. The van der Waals surface area contributed by atoms with E-state index in [-0.39, 0.29) is 53.7 Å². The van der Waals surface area contributed by atoms with Gasteiger partial charge >= 0.3 is 0 Å². The number of aromatic nitrogens is 2. The van der Waals surface area contributed by atoms with E-state index >= 15 is 0 Å². The average molecular weight is 541 g/mol. The van der Waals surface area contributed by atoms with Crippen LogP contribution in [0.3, 0.4) is 0 Å². The topological polar surface area (TPSA) is 174 Å². The first-order valence-corrected chi connectivity index (χ1v) is 12.8. The van der Waals surface area contributed by atoms with Crippen molar-refractivity contribution in [1.82, 2.24) is 9.97 Å². The minimum Gasteiger partial charge on any atom is -0.354 e. The van der Waals surface area contributed by atoms with E-state index in [1.165, 1.54) is 18.2 Å². The van der Waals surface area contributed by atoms with Crippen LogP contribution in [0.4, 0.5) is 0 Å². The Bertz CT molecular complexity index is 2080. The maximum atomic E-state index is 13.2. The fourth-order valence-electron chi connectivity index (χ4n) is 3.91. The van der Waals surface area contributed by atoms with Gasteiger partial charge in [0.15, 0.2) is 10.9 Å². The number of nitrogens with one attached hydrogen (secondary N) is 2. The largest absolute Gasteiger partial charge is 0.354 e. The number of rotatable bonds is 2. The minimum absolute atomic E-state index is 0.00266. The van der Waals surface area contributed by atoms with Crippen LogP contribution in [0.1, 0.15) is 0 Å². The number of halogens is 2. The third kappa shape index (κ3) is 3.47. The molecule has 2 heterocycles. The van der Waals surface area contributed by atoms with Crippen LogP contribution in [0.5, 0.6) is 0 Å². The summed E-state index contributed by atoms with van der Waals surface area (Å²) in [5.74, 6) is 0. The molecule has 0 saturated carbocycles. The van der Waals surface area contributed by atoms with Crippen LogP contribution < -0.4 is 10.9 Å². The molecule has 3 aromatic carbocycles. The van der Waals surface area contributed by atoms with Gasteiger partial charge in [0.1, 0.15) is 9.79 Å². The zero-order chi connectivity index (χ0) is 24.7. The fraction of sp³-hybridized carbons (Fsp3) is 0. The van der Waals surface area contributed by atoms with E-state index in [2.05, 4.69) is 9.97 Å². The number of aromatic amines is 2. The SMILES string of the molecule is O=c1c2cc(S(=O)(=O)O)c(Cl)cc2[nH]c2cc3c(=O)c4c(S(=O)(=O)O)cc(Cl)cc4[nH]c3cc12. The van der Waals surface area contributed by atoms with Gasteiger partial charge in [-0.3, -0.25) is 18.7 Å². The van der Waals surface area contributed by atoms with E-state index in [1.54, 1.807) is 0 Å². The molecule has 0 spiro atoms. The Morgan fingerprint density at radius 2 is 1.12 bits per heavy atom. The second kappa shape index (κ2) is 7.25. The van der Waals surface area contributed by atoms with E-state index in [9.17, 15) is 35.5 Å². The Morgan fingerprint density at radius 1 is 0.618 bits per heavy atom. The first-order chi connectivity index (χ1) is 15.8. The summed E-state index contributed by atoms with van der Waals surface area (Å²) in [4.78, 5) is 30.8. The van der Waals surface area contributed by atoms with Gasteiger partial charge < -0.3 is 9.97 Å². The third-order valence-electron chi connectivity index (χ3n) is 5.35. The maximum absolute atomic E-state index is 13.2. The van der Waals surface area contributed by atoms with Gasteiger partial charge in [-0.05, 0) is 36.4 Å². The number of H-pyrrole nitrogens is 2. The molecule has 0 saturated heterocycles. The van der Waals surface area contributed by atoms with Crippen molar-refractivity contribution >= 4 is 87.0 Å². The van der Waals surface area contributed by atoms with Gasteiger partial charge in [-0.15, -0.1) is 0 Å². The standard InChI is InChI=1S/C20H10Cl2N2O8S2/c21-7-1-15-18(17(2-7)34(30,31)32)20(26)9-4-12-8(3-13(9)24-15)19(25)10-5-16(33(27,28)29)11(22)6-14(10)23-12/h1-6H,(H,23,25)(H,24,26)(H,27,28,29)(H,30,31,32). The number of benzene rings is 3. The summed E-state index contributed by atoms with van der Waals surface area (Å²) >= 11 is 11.9. The van der Waals surface area contributed by atoms with Crippen LogP contribution in [-0.4, -0.2) is 35.9 Å². The predicted molar refractivity (Wildman–Crippen MR) is 127 cm³/mol. The first kappa shape index (κ1) is 22.8. The summed E-state index contributed by atoms with van der Waals surface area (Å²) in [5.41, 5.74) is -0.879. The van der Waals surface area contributed by atoms with Gasteiger partial charge in [0.25, 0.3) is 20.2 Å². The minimum atomic E-state index is -4.79. The van der Waals surface area contributed by atoms with Gasteiger partial charge in [-0.25, -0.2) is 0 Å². The molecule has 0 radical (unpaired) electrons. The van der Waals surface area contributed by atoms with Crippen LogP contribution in [-0.2, 0) is 20.2 Å².